The van der Waals surface area contributed by atoms with Crippen LogP contribution in [0.1, 0.15) is 58.3 Å². The number of piperidine rings is 1. The van der Waals surface area contributed by atoms with E-state index in [1.165, 1.54) is 32.1 Å². The summed E-state index contributed by atoms with van der Waals surface area (Å²) in [6.45, 7) is 4.08. The highest BCUT2D eigenvalue weighted by molar-refractivity contribution is 5.74. The molecule has 2 aliphatic rings. The molecule has 0 aromatic rings. The van der Waals surface area contributed by atoms with Crippen molar-refractivity contribution in [1.29, 1.82) is 0 Å². The zero-order valence-electron chi connectivity index (χ0n) is 12.8. The number of likely N-dealkylation sites (tertiary alicyclic amines) is 1. The Kier molecular flexibility index (Phi) is 6.14. The molecule has 116 valence electrons. The maximum atomic E-state index is 12.3. The minimum Gasteiger partial charge on any atom is -0.396 e. The van der Waals surface area contributed by atoms with Crippen LogP contribution in [0.5, 0.6) is 0 Å². The molecular weight excluding hydrogens is 252 g/mol. The first kappa shape index (κ1) is 15.6. The lowest BCUT2D eigenvalue weighted by atomic mass is 9.96. The third-order valence-corrected chi connectivity index (χ3v) is 5.06. The van der Waals surface area contributed by atoms with E-state index in [-0.39, 0.29) is 12.6 Å². The third-order valence-electron chi connectivity index (χ3n) is 5.06. The van der Waals surface area contributed by atoms with Crippen LogP contribution < -0.4 is 5.32 Å². The molecule has 20 heavy (non-hydrogen) atoms. The minimum absolute atomic E-state index is 0.120. The average molecular weight is 282 g/mol. The zero-order chi connectivity index (χ0) is 14.4. The van der Waals surface area contributed by atoms with Crippen molar-refractivity contribution in [1.82, 2.24) is 10.2 Å². The van der Waals surface area contributed by atoms with Crippen LogP contribution in [0.4, 0.5) is 4.79 Å². The first-order valence-electron chi connectivity index (χ1n) is 8.41. The van der Waals surface area contributed by atoms with E-state index < -0.39 is 0 Å². The van der Waals surface area contributed by atoms with Crippen LogP contribution in [0.25, 0.3) is 0 Å². The first-order valence-corrected chi connectivity index (χ1v) is 8.41. The smallest absolute Gasteiger partial charge is 0.317 e. The number of hydrogen-bond donors (Lipinski definition) is 2. The second kappa shape index (κ2) is 7.87. The molecule has 4 heteroatoms. The molecule has 2 fully saturated rings. The van der Waals surface area contributed by atoms with Crippen LogP contribution in [0, 0.1) is 11.8 Å². The number of nitrogens with one attached hydrogen (secondary N) is 1. The predicted octanol–water partition coefficient (Wildman–Crippen LogP) is 2.76. The summed E-state index contributed by atoms with van der Waals surface area (Å²) in [6.07, 6.45) is 9.33. The minimum atomic E-state index is 0.120. The number of urea groups is 1. The Balaban J connectivity index is 1.76. The van der Waals surface area contributed by atoms with Gasteiger partial charge in [0.1, 0.15) is 0 Å². The molecule has 1 saturated carbocycles. The lowest BCUT2D eigenvalue weighted by Crippen LogP contribution is -2.49. The van der Waals surface area contributed by atoms with E-state index in [0.29, 0.717) is 17.9 Å². The largest absolute Gasteiger partial charge is 0.396 e. The quantitative estimate of drug-likeness (QED) is 0.814. The second-order valence-corrected chi connectivity index (χ2v) is 6.50. The molecule has 0 aromatic heterocycles. The van der Waals surface area contributed by atoms with Gasteiger partial charge in [0, 0.05) is 25.7 Å². The molecular formula is C16H30N2O2. The van der Waals surface area contributed by atoms with Crippen LogP contribution in [-0.4, -0.2) is 41.8 Å². The van der Waals surface area contributed by atoms with Gasteiger partial charge in [0.2, 0.25) is 0 Å². The molecule has 1 saturated heterocycles. The zero-order valence-corrected chi connectivity index (χ0v) is 12.8. The van der Waals surface area contributed by atoms with Crippen molar-refractivity contribution in [2.45, 2.75) is 64.3 Å². The van der Waals surface area contributed by atoms with Crippen LogP contribution in [0.3, 0.4) is 0 Å². The highest BCUT2D eigenvalue weighted by Crippen LogP contribution is 2.30. The Hall–Kier alpha value is -0.770. The average Bonchev–Trinajstić information content (AvgIpc) is 2.92. The molecule has 0 spiro atoms. The van der Waals surface area contributed by atoms with Crippen molar-refractivity contribution in [3.63, 3.8) is 0 Å². The summed E-state index contributed by atoms with van der Waals surface area (Å²) in [5.41, 5.74) is 0. The number of amides is 2. The van der Waals surface area contributed by atoms with Crippen molar-refractivity contribution in [3.05, 3.63) is 0 Å². The van der Waals surface area contributed by atoms with Crippen LogP contribution in [-0.2, 0) is 0 Å². The van der Waals surface area contributed by atoms with Crippen molar-refractivity contribution in [2.24, 2.45) is 11.8 Å². The van der Waals surface area contributed by atoms with Gasteiger partial charge in [-0.15, -0.1) is 0 Å². The monoisotopic (exact) mass is 282 g/mol. The number of carbonyl (C=O) groups is 1. The third kappa shape index (κ3) is 4.11. The standard InChI is InChI=1S/C16H30N2O2/c1-2-3-5-14-6-4-7-15(14)17-16(20)18-10-8-13(12-19)9-11-18/h13-15,19H,2-12H2,1H3,(H,17,20). The summed E-state index contributed by atoms with van der Waals surface area (Å²) in [4.78, 5) is 14.3. The Morgan fingerprint density at radius 1 is 1.25 bits per heavy atom. The Bertz CT molecular complexity index is 301. The lowest BCUT2D eigenvalue weighted by molar-refractivity contribution is 0.134. The van der Waals surface area contributed by atoms with Gasteiger partial charge in [-0.2, -0.15) is 0 Å². The first-order chi connectivity index (χ1) is 9.74. The van der Waals surface area contributed by atoms with Gasteiger partial charge in [-0.3, -0.25) is 0 Å². The van der Waals surface area contributed by atoms with Gasteiger partial charge >= 0.3 is 6.03 Å². The van der Waals surface area contributed by atoms with Crippen LogP contribution in [0.15, 0.2) is 0 Å². The van der Waals surface area contributed by atoms with Gasteiger partial charge in [0.15, 0.2) is 0 Å². The molecule has 1 aliphatic heterocycles. The van der Waals surface area contributed by atoms with E-state index in [9.17, 15) is 4.79 Å². The molecule has 0 bridgehead atoms. The number of hydrogen-bond acceptors (Lipinski definition) is 2. The fourth-order valence-corrected chi connectivity index (χ4v) is 3.61. The molecule has 2 rings (SSSR count). The van der Waals surface area contributed by atoms with Crippen molar-refractivity contribution in [2.75, 3.05) is 19.7 Å². The van der Waals surface area contributed by atoms with Gasteiger partial charge in [-0.1, -0.05) is 26.2 Å². The number of nitrogens with zero attached hydrogens (tertiary/aromatic N) is 1. The molecule has 2 amide bonds. The maximum absolute atomic E-state index is 12.3. The second-order valence-electron chi connectivity index (χ2n) is 6.50. The normalized spacial score (nSPS) is 27.8. The molecule has 1 heterocycles. The maximum Gasteiger partial charge on any atom is 0.317 e. The summed E-state index contributed by atoms with van der Waals surface area (Å²) in [5.74, 6) is 1.08. The number of rotatable bonds is 5. The fraction of sp³-hybridized carbons (Fsp3) is 0.938. The van der Waals surface area contributed by atoms with Gasteiger partial charge in [0.25, 0.3) is 0 Å². The van der Waals surface area contributed by atoms with Crippen molar-refractivity contribution < 1.29 is 9.90 Å². The van der Waals surface area contributed by atoms with E-state index in [4.69, 9.17) is 5.11 Å². The molecule has 2 unspecified atom stereocenters. The van der Waals surface area contributed by atoms with E-state index >= 15 is 0 Å². The Morgan fingerprint density at radius 2 is 2.00 bits per heavy atom. The lowest BCUT2D eigenvalue weighted by Gasteiger charge is -2.33. The fourth-order valence-electron chi connectivity index (χ4n) is 3.61. The summed E-state index contributed by atoms with van der Waals surface area (Å²) >= 11 is 0. The van der Waals surface area contributed by atoms with E-state index in [1.54, 1.807) is 0 Å². The van der Waals surface area contributed by atoms with Crippen molar-refractivity contribution in [3.8, 4) is 0 Å². The summed E-state index contributed by atoms with van der Waals surface area (Å²) in [7, 11) is 0. The van der Waals surface area contributed by atoms with Gasteiger partial charge in [-0.25, -0.2) is 4.79 Å². The van der Waals surface area contributed by atoms with Crippen molar-refractivity contribution >= 4 is 6.03 Å². The van der Waals surface area contributed by atoms with Gasteiger partial charge in [-0.05, 0) is 43.9 Å². The summed E-state index contributed by atoms with van der Waals surface area (Å²) < 4.78 is 0. The molecule has 4 nitrogen and oxygen atoms in total. The predicted molar refractivity (Wildman–Crippen MR) is 80.6 cm³/mol. The SMILES string of the molecule is CCCCC1CCCC1NC(=O)N1CCC(CO)CC1. The molecule has 0 aromatic carbocycles. The summed E-state index contributed by atoms with van der Waals surface area (Å²) in [6, 6.07) is 0.513. The summed E-state index contributed by atoms with van der Waals surface area (Å²) in [5, 5.41) is 12.4. The Morgan fingerprint density at radius 3 is 2.65 bits per heavy atom. The highest BCUT2D eigenvalue weighted by Gasteiger charge is 2.30. The number of aliphatic hydroxyl groups is 1. The topological polar surface area (TPSA) is 52.6 Å². The highest BCUT2D eigenvalue weighted by atomic mass is 16.3. The number of carbonyl (C=O) groups excluding carboxylic acids is 1. The number of unbranched alkanes of at least 4 members (excludes halogenated alkanes) is 1. The van der Waals surface area contributed by atoms with E-state index in [2.05, 4.69) is 12.2 Å². The van der Waals surface area contributed by atoms with Crippen LogP contribution in [0.2, 0.25) is 0 Å². The van der Waals surface area contributed by atoms with Crippen LogP contribution >= 0.6 is 0 Å². The van der Waals surface area contributed by atoms with Gasteiger partial charge < -0.3 is 15.3 Å². The van der Waals surface area contributed by atoms with E-state index in [1.807, 2.05) is 4.90 Å². The molecule has 1 aliphatic carbocycles. The number of aliphatic hydroxyl groups excluding tert-OH is 1. The molecule has 2 N–H and O–H groups in total. The molecule has 0 radical (unpaired) electrons. The van der Waals surface area contributed by atoms with E-state index in [0.717, 1.165) is 32.4 Å². The Labute approximate surface area is 122 Å². The molecule has 2 atom stereocenters. The van der Waals surface area contributed by atoms with Gasteiger partial charge in [0.05, 0.1) is 0 Å².